The van der Waals surface area contributed by atoms with Crippen molar-refractivity contribution >= 4 is 80.0 Å². The lowest BCUT2D eigenvalue weighted by Crippen LogP contribution is -2.55. The minimum absolute atomic E-state index is 0.0103. The number of nitrogens with zero attached hydrogens (tertiary/aromatic N) is 7. The van der Waals surface area contributed by atoms with Crippen LogP contribution in [0.4, 0.5) is 20.5 Å². The quantitative estimate of drug-likeness (QED) is 0.0331. The lowest BCUT2D eigenvalue weighted by molar-refractivity contribution is -0.139. The SMILES string of the molecule is C=CC(=O)N1CCN(c2nc(NCCC(=O)N(C)CCOCCOCCOc3ccc(-c4csc(C5CCCN5C(=O)C(NC(=O)C(C)NC)C5CCCCC5)n4)c4ccccc34)nc3c(F)c(-c4c(O)cccc4F)c(Cl)cc23)CC1. The zero-order valence-corrected chi connectivity index (χ0v) is 48.1. The van der Waals surface area contributed by atoms with E-state index in [2.05, 4.69) is 39.0 Å². The average Bonchev–Trinajstić information content (AvgIpc) is 4.01. The molecular weight excluding hydrogens is 1090 g/mol. The second-order valence-corrected chi connectivity index (χ2v) is 22.1. The van der Waals surface area contributed by atoms with Crippen molar-refractivity contribution in [2.75, 3.05) is 103 Å². The molecule has 3 atom stereocenters. The molecule has 3 unspecified atom stereocenters. The number of aromatic nitrogens is 3. The second-order valence-electron chi connectivity index (χ2n) is 20.8. The van der Waals surface area contributed by atoms with E-state index < -0.39 is 35.0 Å². The van der Waals surface area contributed by atoms with Crippen LogP contribution in [-0.4, -0.2) is 163 Å². The standard InChI is InChI=1S/C60H71ClF2N10O8S/c1-5-49(75)71-25-27-72(28-26-71)56-42-35-43(61)51(52-44(62)17-11-19-47(52)74)53(63)55(42)68-60(69-56)65-23-22-50(76)70(4)29-30-79-31-32-80-33-34-81-48-21-20-40(39-15-9-10-16-41(39)48)45-36-82-58(66-45)46-18-12-24-73(46)59(78)54(38-13-7-6-8-14-38)67-57(77)37(2)64-3/h5,9-11,15-17,19-21,35-38,46,54,64,74H,1,6-8,12-14,18,22-34H2,2-4H3,(H,67,77)(H,65,68,69). The van der Waals surface area contributed by atoms with Crippen molar-refractivity contribution in [1.29, 1.82) is 0 Å². The summed E-state index contributed by atoms with van der Waals surface area (Å²) in [6, 6.07) is 16.0. The number of hydrogen-bond acceptors (Lipinski definition) is 15. The Labute approximate surface area is 485 Å². The number of ether oxygens (including phenoxy) is 3. The van der Waals surface area contributed by atoms with Gasteiger partial charge in [-0.25, -0.2) is 18.7 Å². The number of hydrogen-bond donors (Lipinski definition) is 4. The normalized spacial score (nSPS) is 16.6. The molecule has 82 heavy (non-hydrogen) atoms. The monoisotopic (exact) mass is 1160 g/mol. The van der Waals surface area contributed by atoms with E-state index in [0.717, 1.165) is 78.0 Å². The molecule has 0 spiro atoms. The van der Waals surface area contributed by atoms with Gasteiger partial charge < -0.3 is 54.9 Å². The number of fused-ring (bicyclic) bond motifs is 2. The molecule has 436 valence electrons. The summed E-state index contributed by atoms with van der Waals surface area (Å²) in [7, 11) is 3.42. The van der Waals surface area contributed by atoms with Crippen LogP contribution in [0.15, 0.2) is 78.7 Å². The molecule has 4 aromatic carbocycles. The first-order valence-corrected chi connectivity index (χ1v) is 29.4. The van der Waals surface area contributed by atoms with E-state index in [1.54, 1.807) is 35.2 Å². The number of likely N-dealkylation sites (N-methyl/N-ethyl adjacent to an activating group) is 2. The van der Waals surface area contributed by atoms with Gasteiger partial charge in [0.05, 0.1) is 54.8 Å². The minimum atomic E-state index is -0.962. The molecule has 0 radical (unpaired) electrons. The summed E-state index contributed by atoms with van der Waals surface area (Å²) in [5, 5.41) is 24.7. The fourth-order valence-corrected chi connectivity index (χ4v) is 12.2. The largest absolute Gasteiger partial charge is 0.507 e. The number of benzene rings is 4. The molecule has 2 saturated heterocycles. The summed E-state index contributed by atoms with van der Waals surface area (Å²) >= 11 is 8.17. The highest BCUT2D eigenvalue weighted by Gasteiger charge is 2.40. The molecule has 22 heteroatoms. The number of thiazole rings is 1. The van der Waals surface area contributed by atoms with Crippen molar-refractivity contribution in [3.8, 4) is 33.9 Å². The van der Waals surface area contributed by atoms with Gasteiger partial charge in [-0.15, -0.1) is 11.3 Å². The van der Waals surface area contributed by atoms with Gasteiger partial charge in [-0.3, -0.25) is 19.2 Å². The number of phenolic OH excluding ortho intramolecular Hbond substituents is 1. The fraction of sp³-hybridized carbons (Fsp3) is 0.450. The molecule has 1 saturated carbocycles. The number of nitrogens with one attached hydrogen (secondary N) is 3. The van der Waals surface area contributed by atoms with Crippen LogP contribution in [0.5, 0.6) is 11.5 Å². The summed E-state index contributed by atoms with van der Waals surface area (Å²) < 4.78 is 49.5. The molecule has 6 aromatic rings. The van der Waals surface area contributed by atoms with Crippen LogP contribution in [0.2, 0.25) is 5.02 Å². The number of piperazine rings is 1. The van der Waals surface area contributed by atoms with Gasteiger partial charge in [0.1, 0.15) is 46.3 Å². The molecule has 2 aromatic heterocycles. The molecular formula is C60H71ClF2N10O8S. The number of halogens is 3. The first-order chi connectivity index (χ1) is 39.8. The van der Waals surface area contributed by atoms with Gasteiger partial charge in [0, 0.05) is 86.6 Å². The third kappa shape index (κ3) is 13.7. The second kappa shape index (κ2) is 27.8. The number of carbonyl (C=O) groups excluding carboxylic acids is 4. The summed E-state index contributed by atoms with van der Waals surface area (Å²) in [5.74, 6) is -1.73. The third-order valence-corrected chi connectivity index (χ3v) is 16.9. The molecule has 3 aliphatic rings. The van der Waals surface area contributed by atoms with E-state index in [0.29, 0.717) is 77.3 Å². The Hall–Kier alpha value is -7.04. The summed E-state index contributed by atoms with van der Waals surface area (Å²) in [6.45, 7) is 9.37. The molecule has 4 amide bonds. The number of amides is 4. The Kier molecular flexibility index (Phi) is 20.2. The van der Waals surface area contributed by atoms with Crippen molar-refractivity contribution in [1.82, 2.24) is 40.3 Å². The smallest absolute Gasteiger partial charge is 0.246 e. The molecule has 18 nitrogen and oxygen atoms in total. The predicted octanol–water partition coefficient (Wildman–Crippen LogP) is 8.75. The van der Waals surface area contributed by atoms with Crippen LogP contribution in [0, 0.1) is 17.6 Å². The van der Waals surface area contributed by atoms with E-state index in [-0.39, 0.29) is 82.6 Å². The summed E-state index contributed by atoms with van der Waals surface area (Å²) in [4.78, 5) is 74.3. The van der Waals surface area contributed by atoms with Gasteiger partial charge >= 0.3 is 0 Å². The van der Waals surface area contributed by atoms with Gasteiger partial charge in [0.2, 0.25) is 29.6 Å². The van der Waals surface area contributed by atoms with Crippen molar-refractivity contribution in [3.05, 3.63) is 100 Å². The number of anilines is 2. The first kappa shape index (κ1) is 59.6. The fourth-order valence-electron chi connectivity index (χ4n) is 11.0. The molecule has 4 heterocycles. The lowest BCUT2D eigenvalue weighted by Gasteiger charge is -2.35. The summed E-state index contributed by atoms with van der Waals surface area (Å²) in [6.07, 6.45) is 8.12. The van der Waals surface area contributed by atoms with Crippen LogP contribution in [0.25, 0.3) is 44.1 Å². The van der Waals surface area contributed by atoms with E-state index in [1.807, 2.05) is 47.1 Å². The molecule has 2 aliphatic heterocycles. The zero-order valence-electron chi connectivity index (χ0n) is 46.6. The van der Waals surface area contributed by atoms with E-state index >= 15 is 8.78 Å². The number of aromatic hydroxyl groups is 1. The Morgan fingerprint density at radius 3 is 2.37 bits per heavy atom. The van der Waals surface area contributed by atoms with Crippen molar-refractivity contribution in [2.24, 2.45) is 5.92 Å². The van der Waals surface area contributed by atoms with Crippen molar-refractivity contribution in [2.45, 2.75) is 76.4 Å². The number of phenols is 1. The molecule has 4 N–H and O–H groups in total. The Balaban J connectivity index is 0.731. The van der Waals surface area contributed by atoms with Gasteiger partial charge in [0.15, 0.2) is 5.82 Å². The molecule has 0 bridgehead atoms. The topological polar surface area (TPSA) is 204 Å². The third-order valence-electron chi connectivity index (χ3n) is 15.7. The Bertz CT molecular complexity index is 3250. The average molecular weight is 1170 g/mol. The van der Waals surface area contributed by atoms with E-state index in [9.17, 15) is 24.3 Å². The van der Waals surface area contributed by atoms with Crippen molar-refractivity contribution in [3.63, 3.8) is 0 Å². The lowest BCUT2D eigenvalue weighted by atomic mass is 9.83. The van der Waals surface area contributed by atoms with E-state index in [4.69, 9.17) is 35.8 Å². The Morgan fingerprint density at radius 2 is 1.62 bits per heavy atom. The maximum Gasteiger partial charge on any atom is 0.246 e. The number of likely N-dealkylation sites (tertiary alicyclic amines) is 1. The molecule has 9 rings (SSSR count). The highest BCUT2D eigenvalue weighted by atomic mass is 35.5. The zero-order chi connectivity index (χ0) is 57.9. The number of rotatable bonds is 24. The summed E-state index contributed by atoms with van der Waals surface area (Å²) in [5.41, 5.74) is 0.863. The van der Waals surface area contributed by atoms with Crippen molar-refractivity contribution < 1.29 is 47.3 Å². The highest BCUT2D eigenvalue weighted by Crippen LogP contribution is 2.44. The maximum atomic E-state index is 16.6. The van der Waals surface area contributed by atoms with Crippen LogP contribution in [0.3, 0.4) is 0 Å². The van der Waals surface area contributed by atoms with Gasteiger partial charge in [-0.1, -0.05) is 67.8 Å². The van der Waals surface area contributed by atoms with Crippen LogP contribution in [-0.2, 0) is 28.7 Å². The minimum Gasteiger partial charge on any atom is -0.507 e. The highest BCUT2D eigenvalue weighted by molar-refractivity contribution is 7.10. The molecule has 1 aliphatic carbocycles. The van der Waals surface area contributed by atoms with Gasteiger partial charge in [0.25, 0.3) is 0 Å². The van der Waals surface area contributed by atoms with Gasteiger partial charge in [-0.2, -0.15) is 4.98 Å². The van der Waals surface area contributed by atoms with Gasteiger partial charge in [-0.05, 0) is 87.4 Å². The first-order valence-electron chi connectivity index (χ1n) is 28.1. The van der Waals surface area contributed by atoms with Crippen LogP contribution < -0.4 is 25.6 Å². The Morgan fingerprint density at radius 1 is 0.878 bits per heavy atom. The number of carbonyl (C=O) groups is 4. The van der Waals surface area contributed by atoms with Crippen LogP contribution >= 0.6 is 22.9 Å². The van der Waals surface area contributed by atoms with Crippen LogP contribution in [0.1, 0.15) is 69.3 Å². The maximum absolute atomic E-state index is 16.6. The van der Waals surface area contributed by atoms with E-state index in [1.165, 1.54) is 24.3 Å². The predicted molar refractivity (Wildman–Crippen MR) is 314 cm³/mol. The molecule has 3 fully saturated rings.